The van der Waals surface area contributed by atoms with Gasteiger partial charge in [0, 0.05) is 0 Å². The molecular weight excluding hydrogens is 204 g/mol. The molecule has 0 aliphatic heterocycles. The largest absolute Gasteiger partial charge is 0.0741 e. The van der Waals surface area contributed by atoms with Crippen molar-refractivity contribution in [3.63, 3.8) is 0 Å². The molecular formula is C17H32. The molecule has 0 spiro atoms. The van der Waals surface area contributed by atoms with E-state index in [1.807, 2.05) is 0 Å². The Morgan fingerprint density at radius 1 is 1.00 bits per heavy atom. The fraction of sp³-hybridized carbons (Fsp3) is 0.882. The standard InChI is InChI=1S/C17H32/c1-11(2)8-12(3)13(4)10-17-15(6)9-14(5)16(17)7/h11,14-17H,8-10H2,1-7H3/t14?,15?,16-,17-/m0/s1. The summed E-state index contributed by atoms with van der Waals surface area (Å²) in [6, 6.07) is 0. The van der Waals surface area contributed by atoms with Crippen molar-refractivity contribution in [2.75, 3.05) is 0 Å². The van der Waals surface area contributed by atoms with Gasteiger partial charge in [0.2, 0.25) is 0 Å². The summed E-state index contributed by atoms with van der Waals surface area (Å²) in [6.45, 7) is 16.7. The molecule has 0 heterocycles. The first-order chi connectivity index (χ1) is 7.82. The minimum Gasteiger partial charge on any atom is -0.0741 e. The fourth-order valence-corrected chi connectivity index (χ4v) is 3.62. The normalized spacial score (nSPS) is 35.3. The van der Waals surface area contributed by atoms with Gasteiger partial charge < -0.3 is 0 Å². The van der Waals surface area contributed by atoms with E-state index in [2.05, 4.69) is 48.5 Å². The topological polar surface area (TPSA) is 0 Å². The molecule has 0 amide bonds. The first-order valence-electron chi connectivity index (χ1n) is 7.48. The van der Waals surface area contributed by atoms with Crippen molar-refractivity contribution in [3.05, 3.63) is 11.1 Å². The molecule has 1 rings (SSSR count). The van der Waals surface area contributed by atoms with Gasteiger partial charge in [0.05, 0.1) is 0 Å². The predicted octanol–water partition coefficient (Wildman–Crippen LogP) is 5.69. The summed E-state index contributed by atoms with van der Waals surface area (Å²) in [7, 11) is 0. The van der Waals surface area contributed by atoms with Crippen LogP contribution >= 0.6 is 0 Å². The second-order valence-corrected chi connectivity index (χ2v) is 7.08. The molecule has 17 heavy (non-hydrogen) atoms. The number of rotatable bonds is 4. The Morgan fingerprint density at radius 3 is 2.00 bits per heavy atom. The van der Waals surface area contributed by atoms with Crippen LogP contribution in [0.5, 0.6) is 0 Å². The lowest BCUT2D eigenvalue weighted by atomic mass is 9.83. The van der Waals surface area contributed by atoms with Gasteiger partial charge in [-0.3, -0.25) is 0 Å². The van der Waals surface area contributed by atoms with Gasteiger partial charge in [0.25, 0.3) is 0 Å². The van der Waals surface area contributed by atoms with Crippen molar-refractivity contribution < 1.29 is 0 Å². The quantitative estimate of drug-likeness (QED) is 0.550. The lowest BCUT2D eigenvalue weighted by molar-refractivity contribution is 0.319. The van der Waals surface area contributed by atoms with Crippen LogP contribution in [-0.4, -0.2) is 0 Å². The third-order valence-electron chi connectivity index (χ3n) is 5.03. The molecule has 0 nitrogen and oxygen atoms in total. The molecule has 0 saturated heterocycles. The number of hydrogen-bond acceptors (Lipinski definition) is 0. The van der Waals surface area contributed by atoms with Crippen molar-refractivity contribution in [2.24, 2.45) is 29.6 Å². The third-order valence-corrected chi connectivity index (χ3v) is 5.03. The highest BCUT2D eigenvalue weighted by Gasteiger charge is 2.35. The zero-order valence-corrected chi connectivity index (χ0v) is 13.0. The van der Waals surface area contributed by atoms with E-state index in [-0.39, 0.29) is 0 Å². The van der Waals surface area contributed by atoms with E-state index in [1.54, 1.807) is 11.1 Å². The van der Waals surface area contributed by atoms with E-state index < -0.39 is 0 Å². The molecule has 1 fully saturated rings. The van der Waals surface area contributed by atoms with E-state index in [0.717, 1.165) is 29.6 Å². The maximum absolute atomic E-state index is 2.46. The van der Waals surface area contributed by atoms with Crippen LogP contribution in [0.15, 0.2) is 11.1 Å². The summed E-state index contributed by atoms with van der Waals surface area (Å²) in [5.41, 5.74) is 3.30. The molecule has 4 atom stereocenters. The summed E-state index contributed by atoms with van der Waals surface area (Å²) < 4.78 is 0. The lowest BCUT2D eigenvalue weighted by Crippen LogP contribution is -2.13. The van der Waals surface area contributed by atoms with E-state index in [9.17, 15) is 0 Å². The molecule has 0 N–H and O–H groups in total. The highest BCUT2D eigenvalue weighted by molar-refractivity contribution is 5.11. The molecule has 0 aromatic rings. The van der Waals surface area contributed by atoms with Crippen LogP contribution in [0.4, 0.5) is 0 Å². The fourth-order valence-electron chi connectivity index (χ4n) is 3.62. The molecule has 0 bridgehead atoms. The van der Waals surface area contributed by atoms with Gasteiger partial charge >= 0.3 is 0 Å². The van der Waals surface area contributed by atoms with Crippen molar-refractivity contribution in [3.8, 4) is 0 Å². The molecule has 0 aromatic heterocycles. The zero-order valence-electron chi connectivity index (χ0n) is 13.0. The van der Waals surface area contributed by atoms with Crippen LogP contribution in [0.2, 0.25) is 0 Å². The van der Waals surface area contributed by atoms with E-state index >= 15 is 0 Å². The van der Waals surface area contributed by atoms with E-state index in [4.69, 9.17) is 0 Å². The second kappa shape index (κ2) is 6.07. The van der Waals surface area contributed by atoms with Crippen LogP contribution in [0, 0.1) is 29.6 Å². The van der Waals surface area contributed by atoms with Crippen molar-refractivity contribution >= 4 is 0 Å². The van der Waals surface area contributed by atoms with Gasteiger partial charge in [-0.25, -0.2) is 0 Å². The maximum Gasteiger partial charge on any atom is -0.0287 e. The molecule has 0 radical (unpaired) electrons. The average molecular weight is 236 g/mol. The maximum atomic E-state index is 2.46. The molecule has 100 valence electrons. The van der Waals surface area contributed by atoms with Crippen molar-refractivity contribution in [1.29, 1.82) is 0 Å². The minimum absolute atomic E-state index is 0.794. The molecule has 1 aliphatic carbocycles. The van der Waals surface area contributed by atoms with E-state index in [1.165, 1.54) is 19.3 Å². The Morgan fingerprint density at radius 2 is 1.59 bits per heavy atom. The smallest absolute Gasteiger partial charge is 0.0287 e. The average Bonchev–Trinajstić information content (AvgIpc) is 2.44. The summed E-state index contributed by atoms with van der Waals surface area (Å²) in [6.07, 6.45) is 4.05. The molecule has 2 unspecified atom stereocenters. The highest BCUT2D eigenvalue weighted by atomic mass is 14.4. The van der Waals surface area contributed by atoms with E-state index in [0.29, 0.717) is 0 Å². The second-order valence-electron chi connectivity index (χ2n) is 7.08. The summed E-state index contributed by atoms with van der Waals surface area (Å²) in [4.78, 5) is 0. The van der Waals surface area contributed by atoms with Gasteiger partial charge in [-0.2, -0.15) is 0 Å². The first-order valence-corrected chi connectivity index (χ1v) is 7.48. The summed E-state index contributed by atoms with van der Waals surface area (Å²) in [5, 5.41) is 0. The summed E-state index contributed by atoms with van der Waals surface area (Å²) in [5.74, 6) is 4.47. The molecule has 0 heteroatoms. The van der Waals surface area contributed by atoms with Crippen LogP contribution < -0.4 is 0 Å². The first kappa shape index (κ1) is 14.8. The Bertz CT molecular complexity index is 272. The zero-order chi connectivity index (χ0) is 13.2. The Labute approximate surface area is 109 Å². The van der Waals surface area contributed by atoms with Gasteiger partial charge in [0.1, 0.15) is 0 Å². The Balaban J connectivity index is 2.64. The minimum atomic E-state index is 0.794. The third kappa shape index (κ3) is 3.86. The van der Waals surface area contributed by atoms with Gasteiger partial charge in [-0.05, 0) is 62.7 Å². The van der Waals surface area contributed by atoms with Crippen LogP contribution in [0.25, 0.3) is 0 Å². The molecule has 0 aromatic carbocycles. The lowest BCUT2D eigenvalue weighted by Gasteiger charge is -2.23. The van der Waals surface area contributed by atoms with Crippen LogP contribution in [0.3, 0.4) is 0 Å². The summed E-state index contributed by atoms with van der Waals surface area (Å²) >= 11 is 0. The van der Waals surface area contributed by atoms with Gasteiger partial charge in [0.15, 0.2) is 0 Å². The SMILES string of the molecule is CC(CC(C)C)=C(C)C[C@H]1C(C)CC(C)[C@@H]1C. The van der Waals surface area contributed by atoms with Gasteiger partial charge in [-0.1, -0.05) is 45.8 Å². The van der Waals surface area contributed by atoms with Crippen molar-refractivity contribution in [1.82, 2.24) is 0 Å². The number of hydrogen-bond donors (Lipinski definition) is 0. The monoisotopic (exact) mass is 236 g/mol. The number of allylic oxidation sites excluding steroid dienone is 2. The Hall–Kier alpha value is -0.260. The predicted molar refractivity (Wildman–Crippen MR) is 78.0 cm³/mol. The van der Waals surface area contributed by atoms with Crippen LogP contribution in [0.1, 0.15) is 67.7 Å². The molecule has 1 aliphatic rings. The molecule has 1 saturated carbocycles. The van der Waals surface area contributed by atoms with Gasteiger partial charge in [-0.15, -0.1) is 0 Å². The van der Waals surface area contributed by atoms with Crippen molar-refractivity contribution in [2.45, 2.75) is 67.7 Å². The highest BCUT2D eigenvalue weighted by Crippen LogP contribution is 2.44. The Kier molecular flexibility index (Phi) is 5.28. The van der Waals surface area contributed by atoms with Crippen LogP contribution in [-0.2, 0) is 0 Å².